The highest BCUT2D eigenvalue weighted by Crippen LogP contribution is 2.37. The molecule has 0 radical (unpaired) electrons. The van der Waals surface area contributed by atoms with Gasteiger partial charge in [0.2, 0.25) is 0 Å². The lowest BCUT2D eigenvalue weighted by molar-refractivity contribution is 0.0164. The van der Waals surface area contributed by atoms with Gasteiger partial charge < -0.3 is 10.1 Å². The molecular formula is C17H30N2O. The van der Waals surface area contributed by atoms with Crippen molar-refractivity contribution in [1.29, 1.82) is 0 Å². The maximum absolute atomic E-state index is 6.28. The predicted octanol–water partition coefficient (Wildman–Crippen LogP) is 2.55. The lowest BCUT2D eigenvalue weighted by Gasteiger charge is -2.33. The molecule has 2 saturated heterocycles. The zero-order chi connectivity index (χ0) is 13.4. The molecule has 0 spiro atoms. The van der Waals surface area contributed by atoms with Gasteiger partial charge in [-0.05, 0) is 57.4 Å². The van der Waals surface area contributed by atoms with Crippen LogP contribution in [0.3, 0.4) is 0 Å². The Morgan fingerprint density at radius 2 is 1.75 bits per heavy atom. The molecule has 114 valence electrons. The number of hydrogen-bond donors (Lipinski definition) is 1. The fraction of sp³-hybridized carbons (Fsp3) is 1.00. The van der Waals surface area contributed by atoms with Crippen molar-refractivity contribution in [3.63, 3.8) is 0 Å². The van der Waals surface area contributed by atoms with Gasteiger partial charge in [0.1, 0.15) is 0 Å². The SMILES string of the molecule is C1CCC2C(C1)CCN2CC1CCC(CNC2CC2)O1. The Balaban J connectivity index is 1.23. The van der Waals surface area contributed by atoms with Gasteiger partial charge in [-0.2, -0.15) is 0 Å². The second kappa shape index (κ2) is 5.94. The quantitative estimate of drug-likeness (QED) is 0.836. The average Bonchev–Trinajstić information content (AvgIpc) is 3.06. The molecule has 4 aliphatic rings. The largest absolute Gasteiger partial charge is 0.372 e. The van der Waals surface area contributed by atoms with Crippen LogP contribution >= 0.6 is 0 Å². The van der Waals surface area contributed by atoms with E-state index in [9.17, 15) is 0 Å². The van der Waals surface area contributed by atoms with E-state index in [4.69, 9.17) is 4.74 Å². The summed E-state index contributed by atoms with van der Waals surface area (Å²) in [5.41, 5.74) is 0. The van der Waals surface area contributed by atoms with Gasteiger partial charge in [-0.3, -0.25) is 4.90 Å². The smallest absolute Gasteiger partial charge is 0.0707 e. The molecule has 0 aromatic rings. The summed E-state index contributed by atoms with van der Waals surface area (Å²) in [5, 5.41) is 3.62. The number of hydrogen-bond acceptors (Lipinski definition) is 3. The van der Waals surface area contributed by atoms with Crippen LogP contribution in [0.25, 0.3) is 0 Å². The molecule has 2 aliphatic heterocycles. The lowest BCUT2D eigenvalue weighted by Crippen LogP contribution is -2.40. The monoisotopic (exact) mass is 278 g/mol. The van der Waals surface area contributed by atoms with E-state index in [1.807, 2.05) is 0 Å². The number of nitrogens with one attached hydrogen (secondary N) is 1. The Kier molecular flexibility index (Phi) is 4.02. The Morgan fingerprint density at radius 1 is 0.900 bits per heavy atom. The Labute approximate surface area is 123 Å². The van der Waals surface area contributed by atoms with Crippen LogP contribution in [0.1, 0.15) is 57.8 Å². The number of fused-ring (bicyclic) bond motifs is 1. The molecule has 1 N–H and O–H groups in total. The predicted molar refractivity (Wildman–Crippen MR) is 80.9 cm³/mol. The van der Waals surface area contributed by atoms with E-state index in [-0.39, 0.29) is 0 Å². The summed E-state index contributed by atoms with van der Waals surface area (Å²) in [6.07, 6.45) is 13.6. The number of ether oxygens (including phenoxy) is 1. The third-order valence-corrected chi connectivity index (χ3v) is 5.97. The third-order valence-electron chi connectivity index (χ3n) is 5.97. The van der Waals surface area contributed by atoms with Crippen LogP contribution in [-0.4, -0.2) is 48.8 Å². The van der Waals surface area contributed by atoms with Crippen molar-refractivity contribution >= 4 is 0 Å². The summed E-state index contributed by atoms with van der Waals surface area (Å²) in [6, 6.07) is 1.72. The molecular weight excluding hydrogens is 248 g/mol. The molecule has 4 fully saturated rings. The van der Waals surface area contributed by atoms with Gasteiger partial charge in [0.05, 0.1) is 12.2 Å². The Bertz CT molecular complexity index is 331. The van der Waals surface area contributed by atoms with E-state index < -0.39 is 0 Å². The minimum Gasteiger partial charge on any atom is -0.372 e. The van der Waals surface area contributed by atoms with Crippen LogP contribution < -0.4 is 5.32 Å². The molecule has 2 saturated carbocycles. The molecule has 0 aromatic carbocycles. The summed E-state index contributed by atoms with van der Waals surface area (Å²) in [7, 11) is 0. The summed E-state index contributed by atoms with van der Waals surface area (Å²) in [5.74, 6) is 1.01. The van der Waals surface area contributed by atoms with Crippen molar-refractivity contribution < 1.29 is 4.74 Å². The van der Waals surface area contributed by atoms with Crippen molar-refractivity contribution in [2.45, 2.75) is 82.1 Å². The number of likely N-dealkylation sites (tertiary alicyclic amines) is 1. The van der Waals surface area contributed by atoms with E-state index in [1.54, 1.807) is 0 Å². The fourth-order valence-corrected chi connectivity index (χ4v) is 4.64. The summed E-state index contributed by atoms with van der Waals surface area (Å²) < 4.78 is 6.28. The highest BCUT2D eigenvalue weighted by molar-refractivity contribution is 4.92. The Hall–Kier alpha value is -0.120. The third kappa shape index (κ3) is 3.05. The molecule has 4 unspecified atom stereocenters. The van der Waals surface area contributed by atoms with Crippen molar-refractivity contribution in [1.82, 2.24) is 10.2 Å². The average molecular weight is 278 g/mol. The van der Waals surface area contributed by atoms with E-state index >= 15 is 0 Å². The molecule has 0 bridgehead atoms. The standard InChI is InChI=1S/C17H30N2O/c1-2-4-17-13(3-1)9-10-19(17)12-16-8-7-15(20-16)11-18-14-5-6-14/h13-18H,1-12H2. The first-order valence-electron chi connectivity index (χ1n) is 9.01. The molecule has 4 atom stereocenters. The molecule has 0 amide bonds. The number of rotatable bonds is 5. The van der Waals surface area contributed by atoms with Crippen LogP contribution in [0.15, 0.2) is 0 Å². The minimum absolute atomic E-state index is 0.491. The van der Waals surface area contributed by atoms with Gasteiger partial charge in [0.25, 0.3) is 0 Å². The first-order chi connectivity index (χ1) is 9.88. The first kappa shape index (κ1) is 13.5. The summed E-state index contributed by atoms with van der Waals surface area (Å²) in [4.78, 5) is 2.77. The summed E-state index contributed by atoms with van der Waals surface area (Å²) >= 11 is 0. The van der Waals surface area contributed by atoms with Crippen LogP contribution in [0.2, 0.25) is 0 Å². The summed E-state index contributed by atoms with van der Waals surface area (Å²) in [6.45, 7) is 3.63. The molecule has 2 heterocycles. The second-order valence-electron chi connectivity index (χ2n) is 7.54. The van der Waals surface area contributed by atoms with Crippen LogP contribution in [0, 0.1) is 5.92 Å². The molecule has 4 rings (SSSR count). The molecule has 20 heavy (non-hydrogen) atoms. The zero-order valence-corrected chi connectivity index (χ0v) is 12.7. The highest BCUT2D eigenvalue weighted by Gasteiger charge is 2.38. The van der Waals surface area contributed by atoms with Crippen molar-refractivity contribution in [3.05, 3.63) is 0 Å². The van der Waals surface area contributed by atoms with Gasteiger partial charge in [-0.25, -0.2) is 0 Å². The van der Waals surface area contributed by atoms with E-state index in [1.165, 1.54) is 70.9 Å². The topological polar surface area (TPSA) is 24.5 Å². The minimum atomic E-state index is 0.491. The highest BCUT2D eigenvalue weighted by atomic mass is 16.5. The lowest BCUT2D eigenvalue weighted by atomic mass is 9.85. The van der Waals surface area contributed by atoms with Crippen molar-refractivity contribution in [2.75, 3.05) is 19.6 Å². The van der Waals surface area contributed by atoms with Crippen LogP contribution in [-0.2, 0) is 4.74 Å². The van der Waals surface area contributed by atoms with Crippen LogP contribution in [0.4, 0.5) is 0 Å². The fourth-order valence-electron chi connectivity index (χ4n) is 4.64. The second-order valence-corrected chi connectivity index (χ2v) is 7.54. The number of nitrogens with zero attached hydrogens (tertiary/aromatic N) is 1. The molecule has 2 aliphatic carbocycles. The zero-order valence-electron chi connectivity index (χ0n) is 12.7. The van der Waals surface area contributed by atoms with Gasteiger partial charge in [-0.1, -0.05) is 12.8 Å². The van der Waals surface area contributed by atoms with Gasteiger partial charge in [0.15, 0.2) is 0 Å². The van der Waals surface area contributed by atoms with Crippen molar-refractivity contribution in [2.24, 2.45) is 5.92 Å². The molecule has 3 nitrogen and oxygen atoms in total. The van der Waals surface area contributed by atoms with Gasteiger partial charge in [0, 0.05) is 25.2 Å². The normalized spacial score (nSPS) is 42.0. The molecule has 3 heteroatoms. The van der Waals surface area contributed by atoms with Gasteiger partial charge >= 0.3 is 0 Å². The van der Waals surface area contributed by atoms with Gasteiger partial charge in [-0.15, -0.1) is 0 Å². The maximum atomic E-state index is 6.28. The molecule has 0 aromatic heterocycles. The first-order valence-corrected chi connectivity index (χ1v) is 9.01. The van der Waals surface area contributed by atoms with E-state index in [0.29, 0.717) is 12.2 Å². The van der Waals surface area contributed by atoms with E-state index in [2.05, 4.69) is 10.2 Å². The Morgan fingerprint density at radius 3 is 2.65 bits per heavy atom. The van der Waals surface area contributed by atoms with Crippen LogP contribution in [0.5, 0.6) is 0 Å². The van der Waals surface area contributed by atoms with Crippen molar-refractivity contribution in [3.8, 4) is 0 Å². The van der Waals surface area contributed by atoms with E-state index in [0.717, 1.165) is 24.5 Å². The maximum Gasteiger partial charge on any atom is 0.0707 e.